The second kappa shape index (κ2) is 23.1. The monoisotopic (exact) mass is 801 g/mol. The van der Waals surface area contributed by atoms with Crippen molar-refractivity contribution in [3.05, 3.63) is 29.8 Å². The smallest absolute Gasteiger partial charge is 0.325 e. The molecule has 8 N–H and O–H groups in total. The van der Waals surface area contributed by atoms with E-state index in [4.69, 9.17) is 0 Å². The van der Waals surface area contributed by atoms with Crippen molar-refractivity contribution in [2.45, 2.75) is 149 Å². The number of phenolic OH excluding ortho intramolecular Hbond substituents is 1. The molecule has 57 heavy (non-hydrogen) atoms. The molecular formula is C40H63N7O10. The fraction of sp³-hybridized carbons (Fsp3) is 0.650. The highest BCUT2D eigenvalue weighted by molar-refractivity contribution is 5.97. The minimum Gasteiger partial charge on any atom is -0.508 e. The van der Waals surface area contributed by atoms with E-state index in [1.165, 1.54) is 37.8 Å². The number of carbonyl (C=O) groups excluding carboxylic acids is 7. The van der Waals surface area contributed by atoms with Gasteiger partial charge in [-0.25, -0.2) is 0 Å². The van der Waals surface area contributed by atoms with E-state index < -0.39 is 95.5 Å². The van der Waals surface area contributed by atoms with Gasteiger partial charge >= 0.3 is 5.97 Å². The Morgan fingerprint density at radius 1 is 0.754 bits per heavy atom. The van der Waals surface area contributed by atoms with Crippen LogP contribution in [0.25, 0.3) is 0 Å². The summed E-state index contributed by atoms with van der Waals surface area (Å²) in [6.07, 6.45) is 3.20. The van der Waals surface area contributed by atoms with Crippen LogP contribution in [0, 0.1) is 11.8 Å². The van der Waals surface area contributed by atoms with E-state index in [0.29, 0.717) is 37.7 Å². The average Bonchev–Trinajstić information content (AvgIpc) is 3.65. The van der Waals surface area contributed by atoms with Gasteiger partial charge in [0.1, 0.15) is 48.0 Å². The molecule has 17 nitrogen and oxygen atoms in total. The topological polar surface area (TPSA) is 252 Å². The maximum atomic E-state index is 13.9. The zero-order valence-corrected chi connectivity index (χ0v) is 34.5. The Balaban J connectivity index is 2.20. The molecule has 0 bridgehead atoms. The fourth-order valence-electron chi connectivity index (χ4n) is 6.46. The molecule has 0 unspecified atom stereocenters. The van der Waals surface area contributed by atoms with E-state index in [-0.39, 0.29) is 37.5 Å². The number of hydrogen-bond acceptors (Lipinski definition) is 9. The van der Waals surface area contributed by atoms with Gasteiger partial charge in [0.05, 0.1) is 0 Å². The summed E-state index contributed by atoms with van der Waals surface area (Å²) >= 11 is 0. The number of carboxylic acids is 1. The van der Waals surface area contributed by atoms with Gasteiger partial charge in [0.2, 0.25) is 41.4 Å². The normalized spacial score (nSPS) is 17.5. The molecule has 1 fully saturated rings. The first kappa shape index (κ1) is 47.9. The lowest BCUT2D eigenvalue weighted by atomic mass is 9.97. The van der Waals surface area contributed by atoms with Gasteiger partial charge in [0.25, 0.3) is 0 Å². The first-order valence-electron chi connectivity index (χ1n) is 19.9. The number of carbonyl (C=O) groups is 8. The maximum Gasteiger partial charge on any atom is 0.325 e. The lowest BCUT2D eigenvalue weighted by molar-refractivity contribution is -0.144. The average molecular weight is 802 g/mol. The van der Waals surface area contributed by atoms with Crippen molar-refractivity contribution in [2.24, 2.45) is 11.8 Å². The SMILES string of the molecule is CCCC[C@H](NC(=O)[C@@H](NC(=O)[C@H](C)NC(=O)[C@H](CC(C)C)NC(=O)[C@H](Cc1ccc(O)cc1)NC(C)=O)[C@@H](C)CC)C(=O)N1CCC[C@H]1C(=O)N[C@@H](C)C(=O)O. The van der Waals surface area contributed by atoms with Gasteiger partial charge in [-0.1, -0.05) is 66.0 Å². The zero-order chi connectivity index (χ0) is 43.0. The summed E-state index contributed by atoms with van der Waals surface area (Å²) in [7, 11) is 0. The van der Waals surface area contributed by atoms with Gasteiger partial charge in [-0.3, -0.25) is 38.4 Å². The summed E-state index contributed by atoms with van der Waals surface area (Å²) in [5.74, 6) is -5.71. The third kappa shape index (κ3) is 15.3. The molecule has 8 atom stereocenters. The third-order valence-corrected chi connectivity index (χ3v) is 9.98. The highest BCUT2D eigenvalue weighted by Gasteiger charge is 2.39. The predicted octanol–water partition coefficient (Wildman–Crippen LogP) is 1.26. The molecule has 17 heteroatoms. The number of aromatic hydroxyl groups is 1. The minimum absolute atomic E-state index is 0.0402. The van der Waals surface area contributed by atoms with Gasteiger partial charge in [-0.15, -0.1) is 0 Å². The molecule has 1 aliphatic rings. The summed E-state index contributed by atoms with van der Waals surface area (Å²) in [6, 6.07) is -1.28. The van der Waals surface area contributed by atoms with Crippen LogP contribution in [-0.2, 0) is 44.8 Å². The van der Waals surface area contributed by atoms with Gasteiger partial charge in [0.15, 0.2) is 0 Å². The lowest BCUT2D eigenvalue weighted by Crippen LogP contribution is -2.60. The second-order valence-electron chi connectivity index (χ2n) is 15.4. The van der Waals surface area contributed by atoms with Crippen LogP contribution >= 0.6 is 0 Å². The quantitative estimate of drug-likeness (QED) is 0.0834. The highest BCUT2D eigenvalue weighted by atomic mass is 16.4. The largest absolute Gasteiger partial charge is 0.508 e. The molecule has 1 aromatic rings. The van der Waals surface area contributed by atoms with E-state index >= 15 is 0 Å². The van der Waals surface area contributed by atoms with Crippen molar-refractivity contribution >= 4 is 47.3 Å². The first-order chi connectivity index (χ1) is 26.8. The lowest BCUT2D eigenvalue weighted by Gasteiger charge is -2.31. The number of benzene rings is 1. The Morgan fingerprint density at radius 2 is 1.37 bits per heavy atom. The molecule has 0 radical (unpaired) electrons. The Kier molecular flexibility index (Phi) is 19.4. The molecule has 0 aliphatic carbocycles. The van der Waals surface area contributed by atoms with Crippen molar-refractivity contribution in [1.82, 2.24) is 36.8 Å². The number of likely N-dealkylation sites (tertiary alicyclic amines) is 1. The predicted molar refractivity (Wildman–Crippen MR) is 211 cm³/mol. The summed E-state index contributed by atoms with van der Waals surface area (Å²) in [5, 5.41) is 34.8. The van der Waals surface area contributed by atoms with E-state index in [1.54, 1.807) is 19.1 Å². The zero-order valence-electron chi connectivity index (χ0n) is 34.5. The molecule has 1 heterocycles. The first-order valence-corrected chi connectivity index (χ1v) is 19.9. The fourth-order valence-corrected chi connectivity index (χ4v) is 6.46. The van der Waals surface area contributed by atoms with Crippen molar-refractivity contribution in [3.63, 3.8) is 0 Å². The van der Waals surface area contributed by atoms with Crippen LogP contribution < -0.4 is 31.9 Å². The maximum absolute atomic E-state index is 13.9. The van der Waals surface area contributed by atoms with Crippen LogP contribution in [0.1, 0.15) is 106 Å². The molecule has 1 aliphatic heterocycles. The molecule has 2 rings (SSSR count). The van der Waals surface area contributed by atoms with E-state index in [0.717, 1.165) is 0 Å². The molecule has 0 aromatic heterocycles. The number of hydrogen-bond donors (Lipinski definition) is 8. The van der Waals surface area contributed by atoms with Gasteiger partial charge in [0, 0.05) is 19.9 Å². The number of amides is 7. The van der Waals surface area contributed by atoms with Crippen LogP contribution in [0.2, 0.25) is 0 Å². The Bertz CT molecular complexity index is 1570. The number of unbranched alkanes of at least 4 members (excludes halogenated alkanes) is 1. The molecule has 1 aromatic carbocycles. The summed E-state index contributed by atoms with van der Waals surface area (Å²) in [4.78, 5) is 106. The third-order valence-electron chi connectivity index (χ3n) is 9.98. The van der Waals surface area contributed by atoms with Crippen molar-refractivity contribution < 1.29 is 48.6 Å². The molecule has 0 saturated carbocycles. The molecular weight excluding hydrogens is 738 g/mol. The van der Waals surface area contributed by atoms with Crippen molar-refractivity contribution in [3.8, 4) is 5.75 Å². The number of nitrogens with one attached hydrogen (secondary N) is 6. The number of phenols is 1. The van der Waals surface area contributed by atoms with Crippen LogP contribution in [0.3, 0.4) is 0 Å². The van der Waals surface area contributed by atoms with E-state index in [9.17, 15) is 48.6 Å². The summed E-state index contributed by atoms with van der Waals surface area (Å²) < 4.78 is 0. The Morgan fingerprint density at radius 3 is 1.93 bits per heavy atom. The number of nitrogens with zero attached hydrogens (tertiary/aromatic N) is 1. The number of carboxylic acid groups (broad SMARTS) is 1. The summed E-state index contributed by atoms with van der Waals surface area (Å²) in [5.41, 5.74) is 0.660. The second-order valence-corrected chi connectivity index (χ2v) is 15.4. The van der Waals surface area contributed by atoms with Crippen LogP contribution in [0.15, 0.2) is 24.3 Å². The van der Waals surface area contributed by atoms with E-state index in [1.807, 2.05) is 27.7 Å². The van der Waals surface area contributed by atoms with Crippen LogP contribution in [0.5, 0.6) is 5.75 Å². The number of rotatable bonds is 22. The minimum atomic E-state index is -1.21. The molecule has 1 saturated heterocycles. The molecule has 7 amide bonds. The van der Waals surface area contributed by atoms with E-state index in [2.05, 4.69) is 31.9 Å². The molecule has 0 spiro atoms. The van der Waals surface area contributed by atoms with Gasteiger partial charge in [-0.2, -0.15) is 0 Å². The van der Waals surface area contributed by atoms with Gasteiger partial charge < -0.3 is 47.0 Å². The van der Waals surface area contributed by atoms with Crippen LogP contribution in [-0.4, -0.2) is 111 Å². The molecule has 318 valence electrons. The highest BCUT2D eigenvalue weighted by Crippen LogP contribution is 2.21. The van der Waals surface area contributed by atoms with Crippen molar-refractivity contribution in [2.75, 3.05) is 6.54 Å². The van der Waals surface area contributed by atoms with Crippen LogP contribution in [0.4, 0.5) is 0 Å². The van der Waals surface area contributed by atoms with Crippen molar-refractivity contribution in [1.29, 1.82) is 0 Å². The Labute approximate surface area is 335 Å². The Hall–Kier alpha value is -5.22. The summed E-state index contributed by atoms with van der Waals surface area (Å²) in [6.45, 7) is 13.5. The standard InChI is InChI=1S/C40H63N7O10/c1-9-11-13-29(39(55)47-19-12-14-32(47)37(53)42-25(7)40(56)57)44-38(54)33(23(5)10-2)46-34(50)24(6)41-35(51)30(20-22(3)4)45-36(52)31(43-26(8)48)21-27-15-17-28(49)18-16-27/h15-18,22-25,29-33,49H,9-14,19-21H2,1-8H3,(H,41,51)(H,42,53)(H,43,48)(H,44,54)(H,45,52)(H,46,50)(H,56,57)/t23-,24-,25-,29-,30-,31-,32-,33-/m0/s1. The number of aliphatic carboxylic acids is 1. The van der Waals surface area contributed by atoms with Gasteiger partial charge in [-0.05, 0) is 69.1 Å².